The second kappa shape index (κ2) is 2.60. The minimum Gasteiger partial charge on any atom is -0.263 e. The normalized spacial score (nSPS) is 9.25. The van der Waals surface area contributed by atoms with Crippen LogP contribution in [-0.2, 0) is 0 Å². The van der Waals surface area contributed by atoms with Crippen molar-refractivity contribution in [2.75, 3.05) is 0 Å². The van der Waals surface area contributed by atoms with Gasteiger partial charge in [-0.15, -0.1) is 0 Å². The molecule has 0 aliphatic heterocycles. The van der Waals surface area contributed by atoms with Crippen molar-refractivity contribution in [3.8, 4) is 0 Å². The molecule has 0 N–H and O–H groups in total. The van der Waals surface area contributed by atoms with E-state index in [4.69, 9.17) is 0 Å². The van der Waals surface area contributed by atoms with Gasteiger partial charge in [-0.05, 0) is 31.9 Å². The third kappa shape index (κ3) is 1.29. The minimum atomic E-state index is 0.910. The standard InChI is InChI=1S/C5H2Br2N/c6-4-1-2-8-3-5(4)7/h2-3H. The van der Waals surface area contributed by atoms with Gasteiger partial charge >= 0.3 is 0 Å². The van der Waals surface area contributed by atoms with Crippen LogP contribution in [0.2, 0.25) is 0 Å². The van der Waals surface area contributed by atoms with Crippen LogP contribution in [0.1, 0.15) is 0 Å². The molecule has 0 saturated heterocycles. The fourth-order valence-corrected chi connectivity index (χ4v) is 0.760. The zero-order valence-electron chi connectivity index (χ0n) is 3.86. The summed E-state index contributed by atoms with van der Waals surface area (Å²) in [5, 5.41) is 0. The number of pyridine rings is 1. The molecule has 1 radical (unpaired) electrons. The van der Waals surface area contributed by atoms with Crippen LogP contribution >= 0.6 is 31.9 Å². The number of nitrogens with zero attached hydrogens (tertiary/aromatic N) is 1. The van der Waals surface area contributed by atoms with Crippen LogP contribution in [0.5, 0.6) is 0 Å². The van der Waals surface area contributed by atoms with Crippen LogP contribution in [0.25, 0.3) is 0 Å². The molecule has 0 amide bonds. The van der Waals surface area contributed by atoms with Crippen LogP contribution in [0.3, 0.4) is 0 Å². The highest BCUT2D eigenvalue weighted by molar-refractivity contribution is 9.13. The minimum absolute atomic E-state index is 0.910. The summed E-state index contributed by atoms with van der Waals surface area (Å²) in [4.78, 5) is 3.81. The second-order valence-corrected chi connectivity index (χ2v) is 2.86. The monoisotopic (exact) mass is 234 g/mol. The molecule has 0 atom stereocenters. The zero-order valence-corrected chi connectivity index (χ0v) is 7.03. The van der Waals surface area contributed by atoms with E-state index in [1.165, 1.54) is 0 Å². The van der Waals surface area contributed by atoms with Gasteiger partial charge in [-0.25, -0.2) is 0 Å². The lowest BCUT2D eigenvalue weighted by molar-refractivity contribution is 1.29. The van der Waals surface area contributed by atoms with Crippen molar-refractivity contribution in [3.63, 3.8) is 0 Å². The third-order valence-electron chi connectivity index (χ3n) is 0.663. The van der Waals surface area contributed by atoms with Crippen LogP contribution in [-0.4, -0.2) is 4.98 Å². The second-order valence-electron chi connectivity index (χ2n) is 1.21. The Morgan fingerprint density at radius 3 is 2.62 bits per heavy atom. The quantitative estimate of drug-likeness (QED) is 0.673. The molecule has 8 heavy (non-hydrogen) atoms. The molecule has 1 aromatic rings. The maximum atomic E-state index is 3.81. The molecule has 1 rings (SSSR count). The molecule has 0 saturated carbocycles. The van der Waals surface area contributed by atoms with Crippen molar-refractivity contribution >= 4 is 31.9 Å². The number of aromatic nitrogens is 1. The van der Waals surface area contributed by atoms with Gasteiger partial charge in [0.25, 0.3) is 0 Å². The summed E-state index contributed by atoms with van der Waals surface area (Å²) in [6.07, 6.45) is 3.31. The Labute approximate surface area is 64.4 Å². The molecule has 1 nitrogen and oxygen atoms in total. The van der Waals surface area contributed by atoms with Gasteiger partial charge in [0.15, 0.2) is 0 Å². The van der Waals surface area contributed by atoms with E-state index in [1.54, 1.807) is 12.4 Å². The molecule has 0 unspecified atom stereocenters. The average Bonchev–Trinajstić information content (AvgIpc) is 1.77. The smallest absolute Gasteiger partial charge is 0.0507 e. The van der Waals surface area contributed by atoms with Crippen molar-refractivity contribution in [1.82, 2.24) is 4.98 Å². The number of rotatable bonds is 0. The lowest BCUT2D eigenvalue weighted by Gasteiger charge is -1.87. The summed E-state index contributed by atoms with van der Waals surface area (Å²) in [5.74, 6) is 0. The first kappa shape index (κ1) is 6.23. The summed E-state index contributed by atoms with van der Waals surface area (Å²) >= 11 is 6.51. The van der Waals surface area contributed by atoms with Crippen LogP contribution in [0.4, 0.5) is 0 Å². The SMILES string of the molecule is Brc1[c]cncc1Br. The molecule has 0 fully saturated rings. The summed E-state index contributed by atoms with van der Waals surface area (Å²) in [6.45, 7) is 0. The maximum Gasteiger partial charge on any atom is 0.0507 e. The Balaban J connectivity index is 3.13. The highest BCUT2D eigenvalue weighted by Crippen LogP contribution is 2.19. The third-order valence-corrected chi connectivity index (χ3v) is 2.45. The Morgan fingerprint density at radius 2 is 2.25 bits per heavy atom. The summed E-state index contributed by atoms with van der Waals surface area (Å²) in [7, 11) is 0. The van der Waals surface area contributed by atoms with E-state index in [1.807, 2.05) is 0 Å². The van der Waals surface area contributed by atoms with Crippen LogP contribution < -0.4 is 0 Å². The van der Waals surface area contributed by atoms with Gasteiger partial charge in [-0.2, -0.15) is 0 Å². The maximum absolute atomic E-state index is 3.81. The summed E-state index contributed by atoms with van der Waals surface area (Å²) in [5.41, 5.74) is 0. The van der Waals surface area contributed by atoms with E-state index in [-0.39, 0.29) is 0 Å². The first-order valence-electron chi connectivity index (χ1n) is 1.97. The van der Waals surface area contributed by atoms with Gasteiger partial charge in [0, 0.05) is 22.9 Å². The molecule has 0 aliphatic rings. The molecule has 0 bridgehead atoms. The van der Waals surface area contributed by atoms with E-state index in [2.05, 4.69) is 42.9 Å². The Morgan fingerprint density at radius 1 is 1.50 bits per heavy atom. The number of halogens is 2. The first-order valence-corrected chi connectivity index (χ1v) is 3.56. The van der Waals surface area contributed by atoms with E-state index < -0.39 is 0 Å². The predicted octanol–water partition coefficient (Wildman–Crippen LogP) is 2.41. The van der Waals surface area contributed by atoms with Gasteiger partial charge in [-0.1, -0.05) is 0 Å². The van der Waals surface area contributed by atoms with Crippen LogP contribution in [0.15, 0.2) is 21.3 Å². The fraction of sp³-hybridized carbons (Fsp3) is 0. The van der Waals surface area contributed by atoms with E-state index >= 15 is 0 Å². The zero-order chi connectivity index (χ0) is 5.98. The predicted molar refractivity (Wildman–Crippen MR) is 38.5 cm³/mol. The Bertz CT molecular complexity index is 167. The molecule has 0 aromatic carbocycles. The number of hydrogen-bond donors (Lipinski definition) is 0. The lowest BCUT2D eigenvalue weighted by Crippen LogP contribution is -1.70. The van der Waals surface area contributed by atoms with E-state index in [9.17, 15) is 0 Å². The Kier molecular flexibility index (Phi) is 2.02. The molecule has 1 heterocycles. The van der Waals surface area contributed by atoms with E-state index in [0.717, 1.165) is 8.95 Å². The van der Waals surface area contributed by atoms with Crippen molar-refractivity contribution in [2.24, 2.45) is 0 Å². The van der Waals surface area contributed by atoms with Gasteiger partial charge < -0.3 is 0 Å². The van der Waals surface area contributed by atoms with Crippen molar-refractivity contribution < 1.29 is 0 Å². The first-order chi connectivity index (χ1) is 3.80. The Hall–Kier alpha value is 0.110. The molecular weight excluding hydrogens is 234 g/mol. The molecule has 0 spiro atoms. The van der Waals surface area contributed by atoms with Crippen molar-refractivity contribution in [1.29, 1.82) is 0 Å². The molecule has 0 aliphatic carbocycles. The largest absolute Gasteiger partial charge is 0.263 e. The van der Waals surface area contributed by atoms with Gasteiger partial charge in [-0.3, -0.25) is 4.98 Å². The molecular formula is C5H2Br2N. The molecule has 1 aromatic heterocycles. The van der Waals surface area contributed by atoms with E-state index in [0.29, 0.717) is 0 Å². The van der Waals surface area contributed by atoms with Crippen LogP contribution in [0, 0.1) is 6.07 Å². The van der Waals surface area contributed by atoms with Gasteiger partial charge in [0.05, 0.1) is 4.47 Å². The topological polar surface area (TPSA) is 12.9 Å². The molecule has 3 heteroatoms. The average molecular weight is 236 g/mol. The van der Waals surface area contributed by atoms with Gasteiger partial charge in [0.1, 0.15) is 0 Å². The summed E-state index contributed by atoms with van der Waals surface area (Å²) < 4.78 is 1.84. The fourth-order valence-electron chi connectivity index (χ4n) is 0.322. The highest BCUT2D eigenvalue weighted by Gasteiger charge is 1.90. The van der Waals surface area contributed by atoms with Crippen molar-refractivity contribution in [3.05, 3.63) is 27.4 Å². The lowest BCUT2D eigenvalue weighted by atomic mass is 10.5. The number of hydrogen-bond acceptors (Lipinski definition) is 1. The molecule has 41 valence electrons. The van der Waals surface area contributed by atoms with Gasteiger partial charge in [0.2, 0.25) is 0 Å². The summed E-state index contributed by atoms with van der Waals surface area (Å²) in [6, 6.07) is 2.86. The highest BCUT2D eigenvalue weighted by atomic mass is 79.9. The van der Waals surface area contributed by atoms with Crippen molar-refractivity contribution in [2.45, 2.75) is 0 Å².